The van der Waals surface area contributed by atoms with Crippen LogP contribution in [0.2, 0.25) is 5.02 Å². The van der Waals surface area contributed by atoms with Crippen molar-refractivity contribution in [2.75, 3.05) is 7.11 Å². The van der Waals surface area contributed by atoms with Crippen molar-refractivity contribution >= 4 is 11.6 Å². The van der Waals surface area contributed by atoms with Crippen molar-refractivity contribution in [3.05, 3.63) is 52.5 Å². The van der Waals surface area contributed by atoms with Gasteiger partial charge in [0.25, 0.3) is 0 Å². The van der Waals surface area contributed by atoms with Gasteiger partial charge in [0.15, 0.2) is 0 Å². The van der Waals surface area contributed by atoms with Crippen LogP contribution in [0, 0.1) is 6.92 Å². The Morgan fingerprint density at radius 1 is 1.10 bits per heavy atom. The van der Waals surface area contributed by atoms with Gasteiger partial charge in [0, 0.05) is 23.2 Å². The van der Waals surface area contributed by atoms with Crippen LogP contribution in [0.5, 0.6) is 5.75 Å². The lowest BCUT2D eigenvalue weighted by atomic mass is 9.96. The molecule has 0 atom stereocenters. The summed E-state index contributed by atoms with van der Waals surface area (Å²) >= 11 is 6.17. The molecular weight excluding hydrogens is 282 g/mol. The van der Waals surface area contributed by atoms with Crippen LogP contribution < -0.4 is 10.1 Å². The highest BCUT2D eigenvalue weighted by Gasteiger charge is 2.12. The molecule has 0 aliphatic carbocycles. The first kappa shape index (κ1) is 15.9. The Morgan fingerprint density at radius 2 is 1.86 bits per heavy atom. The Morgan fingerprint density at radius 3 is 2.52 bits per heavy atom. The Hall–Kier alpha value is -1.51. The van der Waals surface area contributed by atoms with Crippen LogP contribution in [-0.2, 0) is 6.54 Å². The SMILES string of the molecule is COc1ccc(Cl)cc1-c1cc(C)ccc1CNC(C)C. The Kier molecular flexibility index (Phi) is 5.27. The normalized spacial score (nSPS) is 11.0. The molecule has 112 valence electrons. The number of nitrogens with one attached hydrogen (secondary N) is 1. The molecule has 0 aliphatic rings. The number of hydrogen-bond donors (Lipinski definition) is 1. The number of rotatable bonds is 5. The van der Waals surface area contributed by atoms with E-state index in [0.29, 0.717) is 6.04 Å². The van der Waals surface area contributed by atoms with E-state index in [-0.39, 0.29) is 0 Å². The van der Waals surface area contributed by atoms with Crippen LogP contribution in [0.4, 0.5) is 0 Å². The maximum atomic E-state index is 6.17. The average Bonchev–Trinajstić information content (AvgIpc) is 2.45. The van der Waals surface area contributed by atoms with Crippen LogP contribution in [0.15, 0.2) is 36.4 Å². The molecule has 21 heavy (non-hydrogen) atoms. The fraction of sp³-hybridized carbons (Fsp3) is 0.333. The smallest absolute Gasteiger partial charge is 0.126 e. The van der Waals surface area contributed by atoms with Crippen LogP contribution in [0.3, 0.4) is 0 Å². The van der Waals surface area contributed by atoms with Gasteiger partial charge in [-0.2, -0.15) is 0 Å². The average molecular weight is 304 g/mol. The van der Waals surface area contributed by atoms with Gasteiger partial charge in [-0.15, -0.1) is 0 Å². The van der Waals surface area contributed by atoms with Crippen LogP contribution in [0.25, 0.3) is 11.1 Å². The summed E-state index contributed by atoms with van der Waals surface area (Å²) in [4.78, 5) is 0. The summed E-state index contributed by atoms with van der Waals surface area (Å²) in [6.45, 7) is 7.21. The second kappa shape index (κ2) is 6.97. The molecule has 0 fully saturated rings. The van der Waals surface area contributed by atoms with Gasteiger partial charge in [-0.25, -0.2) is 0 Å². The van der Waals surface area contributed by atoms with Crippen LogP contribution in [-0.4, -0.2) is 13.2 Å². The van der Waals surface area contributed by atoms with E-state index in [9.17, 15) is 0 Å². The highest BCUT2D eigenvalue weighted by molar-refractivity contribution is 6.31. The lowest BCUT2D eigenvalue weighted by molar-refractivity contribution is 0.416. The molecule has 0 amide bonds. The molecule has 0 heterocycles. The van der Waals surface area contributed by atoms with Crippen molar-refractivity contribution in [1.29, 1.82) is 0 Å². The van der Waals surface area contributed by atoms with Crippen LogP contribution >= 0.6 is 11.6 Å². The molecule has 0 saturated heterocycles. The summed E-state index contributed by atoms with van der Waals surface area (Å²) in [5.41, 5.74) is 4.67. The van der Waals surface area contributed by atoms with E-state index < -0.39 is 0 Å². The van der Waals surface area contributed by atoms with E-state index in [4.69, 9.17) is 16.3 Å². The van der Waals surface area contributed by atoms with Crippen molar-refractivity contribution in [1.82, 2.24) is 5.32 Å². The standard InChI is InChI=1S/C18H22ClNO/c1-12(2)20-11-14-6-5-13(3)9-16(14)17-10-15(19)7-8-18(17)21-4/h5-10,12,20H,11H2,1-4H3. The summed E-state index contributed by atoms with van der Waals surface area (Å²) in [6, 6.07) is 12.7. The minimum absolute atomic E-state index is 0.445. The molecule has 1 N–H and O–H groups in total. The summed E-state index contributed by atoms with van der Waals surface area (Å²) in [5, 5.41) is 4.19. The highest BCUT2D eigenvalue weighted by Crippen LogP contribution is 2.35. The van der Waals surface area contributed by atoms with Gasteiger partial charge in [0.2, 0.25) is 0 Å². The fourth-order valence-corrected chi connectivity index (χ4v) is 2.47. The van der Waals surface area contributed by atoms with E-state index in [1.165, 1.54) is 16.7 Å². The van der Waals surface area contributed by atoms with Crippen molar-refractivity contribution in [2.45, 2.75) is 33.4 Å². The molecule has 2 aromatic rings. The first-order valence-electron chi connectivity index (χ1n) is 7.18. The first-order chi connectivity index (χ1) is 10.0. The quantitative estimate of drug-likeness (QED) is 0.855. The van der Waals surface area contributed by atoms with Gasteiger partial charge < -0.3 is 10.1 Å². The largest absolute Gasteiger partial charge is 0.496 e. The summed E-state index contributed by atoms with van der Waals surface area (Å²) < 4.78 is 5.50. The molecule has 0 bridgehead atoms. The molecule has 0 aromatic heterocycles. The van der Waals surface area contributed by atoms with Crippen molar-refractivity contribution < 1.29 is 4.74 Å². The minimum atomic E-state index is 0.445. The van der Waals surface area contributed by atoms with Gasteiger partial charge in [0.05, 0.1) is 7.11 Å². The lowest BCUT2D eigenvalue weighted by Gasteiger charge is -2.16. The zero-order chi connectivity index (χ0) is 15.4. The number of methoxy groups -OCH3 is 1. The molecule has 0 radical (unpaired) electrons. The maximum Gasteiger partial charge on any atom is 0.126 e. The number of aryl methyl sites for hydroxylation is 1. The van der Waals surface area contributed by atoms with Gasteiger partial charge >= 0.3 is 0 Å². The predicted octanol–water partition coefficient (Wildman–Crippen LogP) is 4.82. The first-order valence-corrected chi connectivity index (χ1v) is 7.56. The molecule has 2 aromatic carbocycles. The molecule has 2 nitrogen and oxygen atoms in total. The van der Waals surface area contributed by atoms with E-state index >= 15 is 0 Å². The van der Waals surface area contributed by atoms with Crippen molar-refractivity contribution in [3.8, 4) is 16.9 Å². The second-order valence-electron chi connectivity index (χ2n) is 5.54. The number of hydrogen-bond acceptors (Lipinski definition) is 2. The van der Waals surface area contributed by atoms with Crippen molar-refractivity contribution in [2.24, 2.45) is 0 Å². The van der Waals surface area contributed by atoms with Gasteiger partial charge in [-0.05, 0) is 36.2 Å². The summed E-state index contributed by atoms with van der Waals surface area (Å²) in [7, 11) is 1.69. The monoisotopic (exact) mass is 303 g/mol. The third-order valence-electron chi connectivity index (χ3n) is 3.42. The van der Waals surface area contributed by atoms with E-state index in [2.05, 4.69) is 44.3 Å². The lowest BCUT2D eigenvalue weighted by Crippen LogP contribution is -2.22. The van der Waals surface area contributed by atoms with E-state index in [1.54, 1.807) is 7.11 Å². The Bertz CT molecular complexity index is 623. The maximum absolute atomic E-state index is 6.17. The molecular formula is C18H22ClNO. The molecule has 2 rings (SSSR count). The Labute approximate surface area is 132 Å². The molecule has 0 saturated carbocycles. The van der Waals surface area contributed by atoms with Gasteiger partial charge in [0.1, 0.15) is 5.75 Å². The third kappa shape index (κ3) is 3.99. The van der Waals surface area contributed by atoms with Crippen LogP contribution in [0.1, 0.15) is 25.0 Å². The topological polar surface area (TPSA) is 21.3 Å². The fourth-order valence-electron chi connectivity index (χ4n) is 2.30. The number of ether oxygens (including phenoxy) is 1. The number of benzene rings is 2. The molecule has 0 unspecified atom stereocenters. The Balaban J connectivity index is 2.51. The summed E-state index contributed by atoms with van der Waals surface area (Å²) in [5.74, 6) is 0.843. The van der Waals surface area contributed by atoms with Gasteiger partial charge in [-0.1, -0.05) is 49.2 Å². The van der Waals surface area contributed by atoms with Gasteiger partial charge in [-0.3, -0.25) is 0 Å². The minimum Gasteiger partial charge on any atom is -0.496 e. The van der Waals surface area contributed by atoms with Crippen molar-refractivity contribution in [3.63, 3.8) is 0 Å². The highest BCUT2D eigenvalue weighted by atomic mass is 35.5. The number of halogens is 1. The zero-order valence-electron chi connectivity index (χ0n) is 13.0. The predicted molar refractivity (Wildman–Crippen MR) is 90.2 cm³/mol. The van der Waals surface area contributed by atoms with E-state index in [0.717, 1.165) is 22.9 Å². The summed E-state index contributed by atoms with van der Waals surface area (Å²) in [6.07, 6.45) is 0. The van der Waals surface area contributed by atoms with E-state index in [1.807, 2.05) is 18.2 Å². The second-order valence-corrected chi connectivity index (χ2v) is 5.98. The molecule has 3 heteroatoms. The molecule has 0 spiro atoms. The third-order valence-corrected chi connectivity index (χ3v) is 3.65. The zero-order valence-corrected chi connectivity index (χ0v) is 13.8. The molecule has 0 aliphatic heterocycles.